The van der Waals surface area contributed by atoms with Gasteiger partial charge in [-0.2, -0.15) is 8.78 Å². The summed E-state index contributed by atoms with van der Waals surface area (Å²) in [5, 5.41) is 0. The van der Waals surface area contributed by atoms with Gasteiger partial charge >= 0.3 is 6.61 Å². The highest BCUT2D eigenvalue weighted by molar-refractivity contribution is 7.91. The van der Waals surface area contributed by atoms with Crippen molar-refractivity contribution in [2.45, 2.75) is 25.6 Å². The number of benzene rings is 1. The topological polar surface area (TPSA) is 49.9 Å². The monoisotopic (exact) mass is 360 g/mol. The molecule has 0 spiro atoms. The molecule has 1 atom stereocenters. The number of hydrogen-bond acceptors (Lipinski definition) is 5. The normalized spacial score (nSPS) is 25.2. The van der Waals surface area contributed by atoms with E-state index in [0.29, 0.717) is 11.5 Å². The highest BCUT2D eigenvalue weighted by Gasteiger charge is 2.33. The standard InChI is InChI=1S/C16H22F2N2O3S/c17-16(18)23-15-3-1-13(2-4-15)11-19-6-8-20(9-7-19)14-5-10-24(21,22)12-14/h1-4,14,16H,5-12H2/t14-/m0/s1. The lowest BCUT2D eigenvalue weighted by molar-refractivity contribution is -0.0498. The zero-order valence-electron chi connectivity index (χ0n) is 13.4. The Morgan fingerprint density at radius 1 is 1.12 bits per heavy atom. The van der Waals surface area contributed by atoms with Crippen molar-refractivity contribution in [3.63, 3.8) is 0 Å². The van der Waals surface area contributed by atoms with Crippen molar-refractivity contribution >= 4 is 9.84 Å². The molecule has 0 aromatic heterocycles. The fraction of sp³-hybridized carbons (Fsp3) is 0.625. The van der Waals surface area contributed by atoms with Crippen LogP contribution in [0.15, 0.2) is 24.3 Å². The van der Waals surface area contributed by atoms with Gasteiger partial charge in [0.15, 0.2) is 9.84 Å². The van der Waals surface area contributed by atoms with Crippen LogP contribution >= 0.6 is 0 Å². The largest absolute Gasteiger partial charge is 0.435 e. The third kappa shape index (κ3) is 4.64. The van der Waals surface area contributed by atoms with Gasteiger partial charge in [-0.3, -0.25) is 9.80 Å². The quantitative estimate of drug-likeness (QED) is 0.798. The molecule has 5 nitrogen and oxygen atoms in total. The van der Waals surface area contributed by atoms with Crippen LogP contribution in [0.2, 0.25) is 0 Å². The van der Waals surface area contributed by atoms with Gasteiger partial charge < -0.3 is 4.74 Å². The molecule has 8 heteroatoms. The van der Waals surface area contributed by atoms with Crippen LogP contribution in [0, 0.1) is 0 Å². The van der Waals surface area contributed by atoms with Crippen molar-refractivity contribution in [3.8, 4) is 5.75 Å². The van der Waals surface area contributed by atoms with Crippen LogP contribution in [0.4, 0.5) is 8.78 Å². The molecule has 1 aromatic carbocycles. The number of halogens is 2. The summed E-state index contributed by atoms with van der Waals surface area (Å²) < 4.78 is 51.8. The van der Waals surface area contributed by atoms with Gasteiger partial charge in [0.2, 0.25) is 0 Å². The van der Waals surface area contributed by atoms with Crippen molar-refractivity contribution in [1.29, 1.82) is 0 Å². The molecule has 2 saturated heterocycles. The van der Waals surface area contributed by atoms with E-state index < -0.39 is 16.4 Å². The SMILES string of the molecule is O=S1(=O)CC[C@H](N2CCN(Cc3ccc(OC(F)F)cc3)CC2)C1. The summed E-state index contributed by atoms with van der Waals surface area (Å²) >= 11 is 0. The van der Waals surface area contributed by atoms with Gasteiger partial charge in [-0.05, 0) is 24.1 Å². The van der Waals surface area contributed by atoms with Gasteiger partial charge in [-0.25, -0.2) is 8.42 Å². The lowest BCUT2D eigenvalue weighted by Crippen LogP contribution is -2.50. The Hall–Kier alpha value is -1.25. The molecule has 2 fully saturated rings. The number of sulfone groups is 1. The average molecular weight is 360 g/mol. The lowest BCUT2D eigenvalue weighted by Gasteiger charge is -2.37. The molecule has 0 aliphatic carbocycles. The van der Waals surface area contributed by atoms with Gasteiger partial charge in [0, 0.05) is 38.8 Å². The summed E-state index contributed by atoms with van der Waals surface area (Å²) in [5.41, 5.74) is 1.05. The van der Waals surface area contributed by atoms with Crippen LogP contribution in [-0.4, -0.2) is 68.6 Å². The molecule has 2 aliphatic heterocycles. The summed E-state index contributed by atoms with van der Waals surface area (Å²) in [6.45, 7) is 1.45. The average Bonchev–Trinajstić information content (AvgIpc) is 2.90. The Bertz CT molecular complexity index is 644. The van der Waals surface area contributed by atoms with Gasteiger partial charge in [0.25, 0.3) is 0 Å². The zero-order chi connectivity index (χ0) is 17.2. The Balaban J connectivity index is 1.47. The minimum atomic E-state index is -2.84. The van der Waals surface area contributed by atoms with Crippen LogP contribution in [-0.2, 0) is 16.4 Å². The van der Waals surface area contributed by atoms with Gasteiger partial charge in [-0.15, -0.1) is 0 Å². The van der Waals surface area contributed by atoms with E-state index in [9.17, 15) is 17.2 Å². The predicted octanol–water partition coefficient (Wildman–Crippen LogP) is 1.59. The molecule has 2 heterocycles. The van der Waals surface area contributed by atoms with E-state index in [1.807, 2.05) is 0 Å². The molecule has 3 rings (SSSR count). The molecule has 134 valence electrons. The summed E-state index contributed by atoms with van der Waals surface area (Å²) in [4.78, 5) is 4.57. The van der Waals surface area contributed by atoms with Crippen LogP contribution in [0.5, 0.6) is 5.75 Å². The molecular weight excluding hydrogens is 338 g/mol. The fourth-order valence-electron chi connectivity index (χ4n) is 3.38. The molecule has 1 aromatic rings. The maximum Gasteiger partial charge on any atom is 0.387 e. The minimum Gasteiger partial charge on any atom is -0.435 e. The highest BCUT2D eigenvalue weighted by atomic mass is 32.2. The summed E-state index contributed by atoms with van der Waals surface area (Å²) in [6.07, 6.45) is 0.744. The van der Waals surface area contributed by atoms with E-state index in [1.54, 1.807) is 24.3 Å². The fourth-order valence-corrected chi connectivity index (χ4v) is 5.15. The molecule has 24 heavy (non-hydrogen) atoms. The minimum absolute atomic E-state index is 0.168. The molecule has 0 amide bonds. The number of alkyl halides is 2. The molecule has 0 bridgehead atoms. The summed E-state index contributed by atoms with van der Waals surface area (Å²) in [6, 6.07) is 6.88. The maximum absolute atomic E-state index is 12.1. The first-order valence-corrected chi connectivity index (χ1v) is 9.94. The van der Waals surface area contributed by atoms with Crippen LogP contribution in [0.1, 0.15) is 12.0 Å². The first-order chi connectivity index (χ1) is 11.4. The van der Waals surface area contributed by atoms with E-state index in [0.717, 1.165) is 44.7 Å². The summed E-state index contributed by atoms with van der Waals surface area (Å²) in [7, 11) is -2.84. The maximum atomic E-state index is 12.1. The second-order valence-corrected chi connectivity index (χ2v) is 8.62. The number of rotatable bonds is 5. The first-order valence-electron chi connectivity index (χ1n) is 8.12. The molecule has 0 radical (unpaired) electrons. The van der Waals surface area contributed by atoms with Crippen molar-refractivity contribution < 1.29 is 21.9 Å². The van der Waals surface area contributed by atoms with E-state index in [1.165, 1.54) is 0 Å². The Kier molecular flexibility index (Phi) is 5.36. The van der Waals surface area contributed by atoms with Crippen molar-refractivity contribution in [2.24, 2.45) is 0 Å². The Labute approximate surface area is 141 Å². The second kappa shape index (κ2) is 7.33. The molecule has 2 aliphatic rings. The van der Waals surface area contributed by atoms with Crippen LogP contribution in [0.3, 0.4) is 0 Å². The Morgan fingerprint density at radius 3 is 2.33 bits per heavy atom. The lowest BCUT2D eigenvalue weighted by atomic mass is 10.1. The van der Waals surface area contributed by atoms with Crippen molar-refractivity contribution in [1.82, 2.24) is 9.80 Å². The number of nitrogens with zero attached hydrogens (tertiary/aromatic N) is 2. The second-order valence-electron chi connectivity index (χ2n) is 6.39. The third-order valence-corrected chi connectivity index (χ3v) is 6.44. The predicted molar refractivity (Wildman–Crippen MR) is 87.0 cm³/mol. The Morgan fingerprint density at radius 2 is 1.79 bits per heavy atom. The van der Waals surface area contributed by atoms with E-state index >= 15 is 0 Å². The number of hydrogen-bond donors (Lipinski definition) is 0. The van der Waals surface area contributed by atoms with Crippen molar-refractivity contribution in [2.75, 3.05) is 37.7 Å². The van der Waals surface area contributed by atoms with Crippen molar-refractivity contribution in [3.05, 3.63) is 29.8 Å². The summed E-state index contributed by atoms with van der Waals surface area (Å²) in [5.74, 6) is 0.768. The molecular formula is C16H22F2N2O3S. The smallest absolute Gasteiger partial charge is 0.387 e. The molecule has 0 saturated carbocycles. The van der Waals surface area contributed by atoms with E-state index in [-0.39, 0.29) is 11.8 Å². The molecule has 0 unspecified atom stereocenters. The zero-order valence-corrected chi connectivity index (χ0v) is 14.2. The van der Waals surface area contributed by atoms with Crippen LogP contribution in [0.25, 0.3) is 0 Å². The van der Waals surface area contributed by atoms with E-state index in [4.69, 9.17) is 0 Å². The molecule has 0 N–H and O–H groups in total. The van der Waals surface area contributed by atoms with Gasteiger partial charge in [0.1, 0.15) is 5.75 Å². The highest BCUT2D eigenvalue weighted by Crippen LogP contribution is 2.20. The van der Waals surface area contributed by atoms with Gasteiger partial charge in [0.05, 0.1) is 11.5 Å². The van der Waals surface area contributed by atoms with Crippen LogP contribution < -0.4 is 4.74 Å². The third-order valence-electron chi connectivity index (χ3n) is 4.69. The van der Waals surface area contributed by atoms with Gasteiger partial charge in [-0.1, -0.05) is 12.1 Å². The number of ether oxygens (including phenoxy) is 1. The first kappa shape index (κ1) is 17.6. The number of piperazine rings is 1. The van der Waals surface area contributed by atoms with E-state index in [2.05, 4.69) is 14.5 Å².